The predicted octanol–water partition coefficient (Wildman–Crippen LogP) is 2.18. The molecule has 3 aromatic rings. The zero-order valence-electron chi connectivity index (χ0n) is 11.5. The molecule has 0 aliphatic heterocycles. The maximum absolute atomic E-state index is 10.9. The Kier molecular flexibility index (Phi) is 3.78. The minimum absolute atomic E-state index is 0.236. The van der Waals surface area contributed by atoms with E-state index >= 15 is 0 Å². The van der Waals surface area contributed by atoms with Crippen molar-refractivity contribution >= 4 is 11.7 Å². The number of nitrogens with zero attached hydrogens (tertiary/aromatic N) is 3. The summed E-state index contributed by atoms with van der Waals surface area (Å²) in [4.78, 5) is 19.3. The molecule has 0 radical (unpaired) electrons. The van der Waals surface area contributed by atoms with Gasteiger partial charge in [0.05, 0.1) is 12.1 Å². The topological polar surface area (TPSA) is 104 Å². The highest BCUT2D eigenvalue weighted by Gasteiger charge is 2.06. The van der Waals surface area contributed by atoms with E-state index in [0.717, 1.165) is 5.56 Å². The summed E-state index contributed by atoms with van der Waals surface area (Å²) in [6.45, 7) is 0.418. The molecule has 3 N–H and O–H groups in total. The van der Waals surface area contributed by atoms with Crippen LogP contribution in [0, 0.1) is 0 Å². The number of pyridine rings is 1. The third kappa shape index (κ3) is 3.09. The summed E-state index contributed by atoms with van der Waals surface area (Å²) < 4.78 is 0. The Morgan fingerprint density at radius 2 is 2.05 bits per heavy atom. The average molecular weight is 295 g/mol. The standard InChI is InChI=1S/C15H13N5O2/c21-15(22)11-2-1-3-12(8-11)17-9-13-18-14(20-19-13)10-4-6-16-7-5-10/h1-8,17H,9H2,(H,21,22)(H,18,19,20). The SMILES string of the molecule is O=C(O)c1cccc(NCc2nc(-c3ccncc3)n[nH]2)c1. The van der Waals surface area contributed by atoms with Crippen LogP contribution in [0.1, 0.15) is 16.2 Å². The van der Waals surface area contributed by atoms with Gasteiger partial charge >= 0.3 is 5.97 Å². The number of benzene rings is 1. The van der Waals surface area contributed by atoms with Crippen LogP contribution in [0.5, 0.6) is 0 Å². The largest absolute Gasteiger partial charge is 0.478 e. The summed E-state index contributed by atoms with van der Waals surface area (Å²) in [5.41, 5.74) is 1.83. The molecule has 3 rings (SSSR count). The van der Waals surface area contributed by atoms with Gasteiger partial charge in [-0.25, -0.2) is 9.78 Å². The first kappa shape index (κ1) is 13.7. The van der Waals surface area contributed by atoms with E-state index in [1.54, 1.807) is 36.7 Å². The Bertz CT molecular complexity index is 785. The van der Waals surface area contributed by atoms with Crippen LogP contribution >= 0.6 is 0 Å². The summed E-state index contributed by atoms with van der Waals surface area (Å²) in [6, 6.07) is 10.3. The molecule has 0 saturated heterocycles. The molecule has 0 bridgehead atoms. The molecule has 7 nitrogen and oxygen atoms in total. The number of hydrogen-bond acceptors (Lipinski definition) is 5. The van der Waals surface area contributed by atoms with Gasteiger partial charge in [0.15, 0.2) is 5.82 Å². The smallest absolute Gasteiger partial charge is 0.335 e. The second-order valence-electron chi connectivity index (χ2n) is 4.58. The Hall–Kier alpha value is -3.22. The number of carbonyl (C=O) groups is 1. The quantitative estimate of drug-likeness (QED) is 0.666. The van der Waals surface area contributed by atoms with Crippen molar-refractivity contribution in [3.05, 3.63) is 60.2 Å². The second kappa shape index (κ2) is 6.04. The molecular weight excluding hydrogens is 282 g/mol. The van der Waals surface area contributed by atoms with Crippen LogP contribution in [0.3, 0.4) is 0 Å². The lowest BCUT2D eigenvalue weighted by atomic mass is 10.2. The van der Waals surface area contributed by atoms with E-state index in [2.05, 4.69) is 25.5 Å². The number of aromatic carboxylic acids is 1. The molecular formula is C15H13N5O2. The fourth-order valence-electron chi connectivity index (χ4n) is 1.95. The van der Waals surface area contributed by atoms with Crippen LogP contribution in [-0.2, 0) is 6.54 Å². The maximum atomic E-state index is 10.9. The number of aromatic amines is 1. The molecule has 0 fully saturated rings. The molecule has 0 spiro atoms. The molecule has 1 aromatic carbocycles. The van der Waals surface area contributed by atoms with Gasteiger partial charge in [-0.2, -0.15) is 5.10 Å². The van der Waals surface area contributed by atoms with Crippen molar-refractivity contribution < 1.29 is 9.90 Å². The second-order valence-corrected chi connectivity index (χ2v) is 4.58. The van der Waals surface area contributed by atoms with Crippen LogP contribution in [0.2, 0.25) is 0 Å². The van der Waals surface area contributed by atoms with Gasteiger partial charge in [-0.3, -0.25) is 10.1 Å². The molecule has 0 aliphatic carbocycles. The van der Waals surface area contributed by atoms with Crippen molar-refractivity contribution in [2.45, 2.75) is 6.54 Å². The van der Waals surface area contributed by atoms with Gasteiger partial charge in [0, 0.05) is 23.6 Å². The first-order valence-electron chi connectivity index (χ1n) is 6.61. The van der Waals surface area contributed by atoms with Gasteiger partial charge < -0.3 is 10.4 Å². The molecule has 0 aliphatic rings. The molecule has 22 heavy (non-hydrogen) atoms. The third-order valence-corrected chi connectivity index (χ3v) is 3.04. The van der Waals surface area contributed by atoms with E-state index in [4.69, 9.17) is 5.11 Å². The van der Waals surface area contributed by atoms with Gasteiger partial charge in [0.25, 0.3) is 0 Å². The summed E-state index contributed by atoms with van der Waals surface area (Å²) in [5.74, 6) is 0.300. The fourth-order valence-corrected chi connectivity index (χ4v) is 1.95. The van der Waals surface area contributed by atoms with Crippen LogP contribution in [0.25, 0.3) is 11.4 Å². The number of carboxylic acid groups (broad SMARTS) is 1. The summed E-state index contributed by atoms with van der Waals surface area (Å²) in [7, 11) is 0. The van der Waals surface area contributed by atoms with Gasteiger partial charge in [0.2, 0.25) is 0 Å². The van der Waals surface area contributed by atoms with Crippen molar-refractivity contribution in [3.8, 4) is 11.4 Å². The van der Waals surface area contributed by atoms with E-state index in [9.17, 15) is 4.79 Å². The van der Waals surface area contributed by atoms with Crippen molar-refractivity contribution in [1.82, 2.24) is 20.2 Å². The number of H-pyrrole nitrogens is 1. The first-order valence-corrected chi connectivity index (χ1v) is 6.61. The van der Waals surface area contributed by atoms with Crippen molar-refractivity contribution in [3.63, 3.8) is 0 Å². The number of carboxylic acids is 1. The molecule has 0 saturated carbocycles. The van der Waals surface area contributed by atoms with E-state index in [1.165, 1.54) is 0 Å². The van der Waals surface area contributed by atoms with Gasteiger partial charge in [0.1, 0.15) is 5.82 Å². The molecule has 0 amide bonds. The Balaban J connectivity index is 1.69. The fraction of sp³-hybridized carbons (Fsp3) is 0.0667. The van der Waals surface area contributed by atoms with Crippen LogP contribution in [0.4, 0.5) is 5.69 Å². The van der Waals surface area contributed by atoms with Crippen molar-refractivity contribution in [2.75, 3.05) is 5.32 Å². The highest BCUT2D eigenvalue weighted by molar-refractivity contribution is 5.88. The van der Waals surface area contributed by atoms with Gasteiger partial charge in [-0.15, -0.1) is 0 Å². The summed E-state index contributed by atoms with van der Waals surface area (Å²) >= 11 is 0. The lowest BCUT2D eigenvalue weighted by Crippen LogP contribution is -2.03. The zero-order chi connectivity index (χ0) is 15.4. The van der Waals surface area contributed by atoms with Crippen LogP contribution in [0.15, 0.2) is 48.8 Å². The first-order chi connectivity index (χ1) is 10.7. The minimum atomic E-state index is -0.955. The molecule has 0 atom stereocenters. The third-order valence-electron chi connectivity index (χ3n) is 3.04. The Morgan fingerprint density at radius 1 is 1.23 bits per heavy atom. The van der Waals surface area contributed by atoms with E-state index < -0.39 is 5.97 Å². The van der Waals surface area contributed by atoms with Crippen molar-refractivity contribution in [1.29, 1.82) is 0 Å². The summed E-state index contributed by atoms with van der Waals surface area (Å²) in [5, 5.41) is 19.1. The van der Waals surface area contributed by atoms with E-state index in [0.29, 0.717) is 23.9 Å². The van der Waals surface area contributed by atoms with Crippen LogP contribution < -0.4 is 5.32 Å². The molecule has 2 heterocycles. The molecule has 110 valence electrons. The van der Waals surface area contributed by atoms with Crippen molar-refractivity contribution in [2.24, 2.45) is 0 Å². The lowest BCUT2D eigenvalue weighted by molar-refractivity contribution is 0.0697. The van der Waals surface area contributed by atoms with E-state index in [1.807, 2.05) is 12.1 Å². The molecule has 7 heteroatoms. The average Bonchev–Trinajstić information content (AvgIpc) is 3.03. The Labute approximate surface area is 126 Å². The number of aromatic nitrogens is 4. The number of rotatable bonds is 5. The minimum Gasteiger partial charge on any atom is -0.478 e. The zero-order valence-corrected chi connectivity index (χ0v) is 11.5. The lowest BCUT2D eigenvalue weighted by Gasteiger charge is -2.04. The monoisotopic (exact) mass is 295 g/mol. The summed E-state index contributed by atoms with van der Waals surface area (Å²) in [6.07, 6.45) is 3.36. The molecule has 2 aromatic heterocycles. The Morgan fingerprint density at radius 3 is 2.82 bits per heavy atom. The maximum Gasteiger partial charge on any atom is 0.335 e. The number of nitrogens with one attached hydrogen (secondary N) is 2. The molecule has 0 unspecified atom stereocenters. The van der Waals surface area contributed by atoms with Gasteiger partial charge in [-0.1, -0.05) is 6.07 Å². The normalized spacial score (nSPS) is 10.4. The van der Waals surface area contributed by atoms with Crippen LogP contribution in [-0.4, -0.2) is 31.2 Å². The number of hydrogen-bond donors (Lipinski definition) is 3. The highest BCUT2D eigenvalue weighted by Crippen LogP contribution is 2.14. The number of anilines is 1. The predicted molar refractivity (Wildman–Crippen MR) is 80.3 cm³/mol. The van der Waals surface area contributed by atoms with Gasteiger partial charge in [-0.05, 0) is 30.3 Å². The highest BCUT2D eigenvalue weighted by atomic mass is 16.4. The van der Waals surface area contributed by atoms with E-state index in [-0.39, 0.29) is 5.56 Å².